The van der Waals surface area contributed by atoms with Gasteiger partial charge in [-0.15, -0.1) is 0 Å². The van der Waals surface area contributed by atoms with Gasteiger partial charge in [-0.1, -0.05) is 36.4 Å². The van der Waals surface area contributed by atoms with Crippen molar-refractivity contribution in [3.8, 4) is 16.9 Å². The quantitative estimate of drug-likeness (QED) is 0.519. The number of carbonyl (C=O) groups excluding carboxylic acids is 2. The minimum atomic E-state index is -0.642. The van der Waals surface area contributed by atoms with E-state index in [1.54, 1.807) is 30.4 Å². The van der Waals surface area contributed by atoms with Crippen LogP contribution >= 0.6 is 0 Å². The molecule has 4 rings (SSSR count). The van der Waals surface area contributed by atoms with Crippen molar-refractivity contribution in [2.45, 2.75) is 0 Å². The summed E-state index contributed by atoms with van der Waals surface area (Å²) in [6.07, 6.45) is 6.67. The highest BCUT2D eigenvalue weighted by Gasteiger charge is 2.27. The van der Waals surface area contributed by atoms with Crippen molar-refractivity contribution >= 4 is 28.4 Å². The molecular formula is C27H23NO5. The Labute approximate surface area is 192 Å². The molecule has 33 heavy (non-hydrogen) atoms. The first kappa shape index (κ1) is 21.9. The fraction of sp³-hybridized carbons (Fsp3) is 0.111. The maximum atomic E-state index is 12.7. The van der Waals surface area contributed by atoms with Gasteiger partial charge < -0.3 is 19.1 Å². The number of allylic oxidation sites excluding steroid dienone is 2. The topological polar surface area (TPSA) is 65.1 Å². The molecule has 0 N–H and O–H groups in total. The van der Waals surface area contributed by atoms with Crippen LogP contribution in [0.15, 0.2) is 96.4 Å². The third kappa shape index (κ3) is 4.36. The van der Waals surface area contributed by atoms with E-state index in [4.69, 9.17) is 14.2 Å². The monoisotopic (exact) mass is 441 g/mol. The minimum absolute atomic E-state index is 0.0807. The molecule has 0 spiro atoms. The number of hydrogen-bond acceptors (Lipinski definition) is 6. The van der Waals surface area contributed by atoms with Gasteiger partial charge in [-0.05, 0) is 64.4 Å². The molecule has 0 aromatic heterocycles. The van der Waals surface area contributed by atoms with E-state index >= 15 is 0 Å². The first-order valence-corrected chi connectivity index (χ1v) is 10.3. The third-order valence-electron chi connectivity index (χ3n) is 5.39. The molecule has 0 radical (unpaired) electrons. The lowest BCUT2D eigenvalue weighted by atomic mass is 10.0. The summed E-state index contributed by atoms with van der Waals surface area (Å²) in [5.74, 6) is -0.458. The lowest BCUT2D eigenvalue weighted by molar-refractivity contribution is -0.139. The predicted molar refractivity (Wildman–Crippen MR) is 128 cm³/mol. The molecule has 0 atom stereocenters. The zero-order chi connectivity index (χ0) is 23.4. The summed E-state index contributed by atoms with van der Waals surface area (Å²) in [7, 11) is 4.20. The third-order valence-corrected chi connectivity index (χ3v) is 5.39. The molecular weight excluding hydrogens is 418 g/mol. The largest absolute Gasteiger partial charge is 0.497 e. The minimum Gasteiger partial charge on any atom is -0.497 e. The highest BCUT2D eigenvalue weighted by Crippen LogP contribution is 2.32. The van der Waals surface area contributed by atoms with E-state index in [1.165, 1.54) is 20.3 Å². The van der Waals surface area contributed by atoms with Crippen LogP contribution in [0.3, 0.4) is 0 Å². The van der Waals surface area contributed by atoms with Gasteiger partial charge in [0, 0.05) is 11.9 Å². The van der Waals surface area contributed by atoms with Gasteiger partial charge in [-0.25, -0.2) is 9.59 Å². The molecule has 0 fully saturated rings. The molecule has 6 heteroatoms. The highest BCUT2D eigenvalue weighted by atomic mass is 16.5. The number of carbonyl (C=O) groups is 2. The van der Waals surface area contributed by atoms with Crippen LogP contribution in [0.2, 0.25) is 0 Å². The standard InChI is InChI=1S/C27H23NO5/c1-31-23-13-12-20-15-19(10-11-21(20)17-23)18-7-6-8-22(16-18)28-14-5-4-9-24(26(29)32-2)25(28)27(30)33-3/h4-17H,1-3H3. The van der Waals surface area contributed by atoms with E-state index in [-0.39, 0.29) is 11.3 Å². The van der Waals surface area contributed by atoms with Gasteiger partial charge in [-0.2, -0.15) is 0 Å². The Hall–Kier alpha value is -4.32. The highest BCUT2D eigenvalue weighted by molar-refractivity contribution is 6.05. The summed E-state index contributed by atoms with van der Waals surface area (Å²) in [4.78, 5) is 26.7. The van der Waals surface area contributed by atoms with Crippen LogP contribution in [0.25, 0.3) is 21.9 Å². The summed E-state index contributed by atoms with van der Waals surface area (Å²) in [5.41, 5.74) is 2.86. The normalized spacial score (nSPS) is 13.1. The van der Waals surface area contributed by atoms with Crippen molar-refractivity contribution in [1.82, 2.24) is 0 Å². The summed E-state index contributed by atoms with van der Waals surface area (Å²) in [5, 5.41) is 2.16. The Morgan fingerprint density at radius 2 is 1.48 bits per heavy atom. The molecule has 0 saturated heterocycles. The maximum Gasteiger partial charge on any atom is 0.355 e. The fourth-order valence-corrected chi connectivity index (χ4v) is 3.73. The average Bonchev–Trinajstić information content (AvgIpc) is 3.10. The smallest absolute Gasteiger partial charge is 0.355 e. The van der Waals surface area contributed by atoms with E-state index in [0.29, 0.717) is 5.69 Å². The Kier molecular flexibility index (Phi) is 6.26. The summed E-state index contributed by atoms with van der Waals surface area (Å²) >= 11 is 0. The molecule has 1 aliphatic heterocycles. The average molecular weight is 441 g/mol. The van der Waals surface area contributed by atoms with E-state index in [9.17, 15) is 9.59 Å². The second-order valence-corrected chi connectivity index (χ2v) is 7.29. The summed E-state index contributed by atoms with van der Waals surface area (Å²) in [6.45, 7) is 0. The molecule has 0 bridgehead atoms. The van der Waals surface area contributed by atoms with Crippen molar-refractivity contribution < 1.29 is 23.8 Å². The first-order valence-electron chi connectivity index (χ1n) is 10.3. The van der Waals surface area contributed by atoms with Crippen LogP contribution in [0.4, 0.5) is 5.69 Å². The van der Waals surface area contributed by atoms with E-state index in [1.807, 2.05) is 54.6 Å². The molecule has 3 aromatic carbocycles. The van der Waals surface area contributed by atoms with Gasteiger partial charge in [0.1, 0.15) is 11.4 Å². The maximum absolute atomic E-state index is 12.7. The van der Waals surface area contributed by atoms with Crippen molar-refractivity contribution in [3.63, 3.8) is 0 Å². The second-order valence-electron chi connectivity index (χ2n) is 7.29. The van der Waals surface area contributed by atoms with Gasteiger partial charge in [0.2, 0.25) is 0 Å². The molecule has 0 saturated carbocycles. The van der Waals surface area contributed by atoms with Gasteiger partial charge in [0.25, 0.3) is 0 Å². The van der Waals surface area contributed by atoms with Crippen LogP contribution in [-0.4, -0.2) is 33.3 Å². The number of esters is 2. The van der Waals surface area contributed by atoms with Crippen LogP contribution in [0.1, 0.15) is 0 Å². The summed E-state index contributed by atoms with van der Waals surface area (Å²) < 4.78 is 15.2. The number of fused-ring (bicyclic) bond motifs is 1. The molecule has 0 aliphatic carbocycles. The Bertz CT molecular complexity index is 1320. The number of nitrogens with zero attached hydrogens (tertiary/aromatic N) is 1. The summed E-state index contributed by atoms with van der Waals surface area (Å²) in [6, 6.07) is 19.9. The number of methoxy groups -OCH3 is 3. The van der Waals surface area contributed by atoms with Crippen molar-refractivity contribution in [2.75, 3.05) is 26.2 Å². The van der Waals surface area contributed by atoms with Gasteiger partial charge in [-0.3, -0.25) is 0 Å². The first-order chi connectivity index (χ1) is 16.0. The molecule has 166 valence electrons. The van der Waals surface area contributed by atoms with Crippen molar-refractivity contribution in [2.24, 2.45) is 0 Å². The van der Waals surface area contributed by atoms with Crippen LogP contribution in [-0.2, 0) is 19.1 Å². The zero-order valence-electron chi connectivity index (χ0n) is 18.6. The molecule has 0 amide bonds. The molecule has 0 unspecified atom stereocenters. The van der Waals surface area contributed by atoms with Crippen molar-refractivity contribution in [3.05, 3.63) is 96.4 Å². The molecule has 1 aliphatic rings. The van der Waals surface area contributed by atoms with Gasteiger partial charge >= 0.3 is 11.9 Å². The van der Waals surface area contributed by atoms with Crippen molar-refractivity contribution in [1.29, 1.82) is 0 Å². The zero-order valence-corrected chi connectivity index (χ0v) is 18.6. The number of hydrogen-bond donors (Lipinski definition) is 0. The van der Waals surface area contributed by atoms with Crippen LogP contribution in [0, 0.1) is 0 Å². The van der Waals surface area contributed by atoms with Crippen LogP contribution in [0.5, 0.6) is 5.75 Å². The molecule has 3 aromatic rings. The fourth-order valence-electron chi connectivity index (χ4n) is 3.73. The Balaban J connectivity index is 1.80. The van der Waals surface area contributed by atoms with Crippen LogP contribution < -0.4 is 9.64 Å². The van der Waals surface area contributed by atoms with E-state index in [2.05, 4.69) is 6.07 Å². The lowest BCUT2D eigenvalue weighted by Crippen LogP contribution is -2.26. The SMILES string of the molecule is COC(=O)C1=C(C(=O)OC)N(c2cccc(-c3ccc4cc(OC)ccc4c3)c2)C=CC=C1. The number of rotatable bonds is 5. The number of benzene rings is 3. The second kappa shape index (κ2) is 9.44. The Morgan fingerprint density at radius 1 is 0.758 bits per heavy atom. The predicted octanol–water partition coefficient (Wildman–Crippen LogP) is 5.01. The number of ether oxygens (including phenoxy) is 3. The van der Waals surface area contributed by atoms with Gasteiger partial charge in [0.15, 0.2) is 0 Å². The number of anilines is 1. The molecule has 6 nitrogen and oxygen atoms in total. The van der Waals surface area contributed by atoms with E-state index in [0.717, 1.165) is 27.6 Å². The molecule has 1 heterocycles. The Morgan fingerprint density at radius 3 is 2.24 bits per heavy atom. The van der Waals surface area contributed by atoms with Gasteiger partial charge in [0.05, 0.1) is 26.9 Å². The lowest BCUT2D eigenvalue weighted by Gasteiger charge is -2.23. The van der Waals surface area contributed by atoms with E-state index < -0.39 is 11.9 Å².